The highest BCUT2D eigenvalue weighted by atomic mass is 19.1. The summed E-state index contributed by atoms with van der Waals surface area (Å²) in [7, 11) is 3.14. The number of hydrogen-bond donors (Lipinski definition) is 2. The number of fused-ring (bicyclic) bond motifs is 2. The van der Waals surface area contributed by atoms with E-state index in [-0.39, 0.29) is 11.1 Å². The lowest BCUT2D eigenvalue weighted by molar-refractivity contribution is 0.0942. The molecule has 6 rings (SSSR count). The Morgan fingerprint density at radius 3 is 1.31 bits per heavy atom. The molecule has 0 saturated carbocycles. The van der Waals surface area contributed by atoms with E-state index in [1.165, 1.54) is 48.8 Å². The van der Waals surface area contributed by atoms with Crippen LogP contribution in [0.5, 0.6) is 11.5 Å². The molecule has 0 aliphatic heterocycles. The average molecular weight is 645 g/mol. The number of benzene rings is 6. The van der Waals surface area contributed by atoms with Gasteiger partial charge in [0.25, 0.3) is 11.8 Å². The van der Waals surface area contributed by atoms with Gasteiger partial charge in [-0.2, -0.15) is 10.2 Å². The maximum atomic E-state index is 13.6. The van der Waals surface area contributed by atoms with Crippen LogP contribution in [0, 0.1) is 11.6 Å². The van der Waals surface area contributed by atoms with E-state index in [1.807, 2.05) is 72.8 Å². The summed E-state index contributed by atoms with van der Waals surface area (Å²) in [6.07, 6.45) is 3.00. The maximum Gasteiger partial charge on any atom is 0.274 e. The smallest absolute Gasteiger partial charge is 0.274 e. The largest absolute Gasteiger partial charge is 0.496 e. The monoisotopic (exact) mass is 644 g/mol. The molecule has 0 heterocycles. The first kappa shape index (κ1) is 33.0. The molecule has 6 aromatic rings. The van der Waals surface area contributed by atoms with Crippen molar-refractivity contribution >= 4 is 45.8 Å². The molecule has 0 spiro atoms. The second-order valence-electron chi connectivity index (χ2n) is 10.2. The molecule has 0 unspecified atom stereocenters. The van der Waals surface area contributed by atoms with Gasteiger partial charge in [0.05, 0.1) is 37.8 Å². The number of rotatable bonds is 8. The molecule has 0 aliphatic rings. The highest BCUT2D eigenvalue weighted by molar-refractivity contribution is 6.04. The van der Waals surface area contributed by atoms with Gasteiger partial charge in [-0.3, -0.25) is 9.59 Å². The van der Waals surface area contributed by atoms with E-state index in [2.05, 4.69) is 21.1 Å². The van der Waals surface area contributed by atoms with Crippen LogP contribution in [0.2, 0.25) is 0 Å². The van der Waals surface area contributed by atoms with Crippen molar-refractivity contribution in [3.63, 3.8) is 0 Å². The van der Waals surface area contributed by atoms with Gasteiger partial charge < -0.3 is 9.47 Å². The van der Waals surface area contributed by atoms with Crippen molar-refractivity contribution in [2.75, 3.05) is 14.2 Å². The van der Waals surface area contributed by atoms with E-state index >= 15 is 0 Å². The number of nitrogens with one attached hydrogen (secondary N) is 2. The zero-order valence-corrected chi connectivity index (χ0v) is 26.0. The number of carbonyl (C=O) groups is 2. The van der Waals surface area contributed by atoms with E-state index in [9.17, 15) is 18.4 Å². The van der Waals surface area contributed by atoms with Crippen LogP contribution in [-0.4, -0.2) is 38.5 Å². The second kappa shape index (κ2) is 15.7. The highest BCUT2D eigenvalue weighted by Crippen LogP contribution is 2.27. The maximum absolute atomic E-state index is 13.6. The number of methoxy groups -OCH3 is 2. The number of nitrogens with zero attached hydrogens (tertiary/aromatic N) is 2. The molecule has 6 aromatic carbocycles. The molecule has 0 atom stereocenters. The summed E-state index contributed by atoms with van der Waals surface area (Å²) in [5.74, 6) is -1.12. The number of ether oxygens (including phenoxy) is 2. The Morgan fingerprint density at radius 2 is 0.917 bits per heavy atom. The number of carbonyl (C=O) groups excluding carboxylic acids is 2. The van der Waals surface area contributed by atoms with Crippen molar-refractivity contribution in [2.24, 2.45) is 10.2 Å². The third kappa shape index (κ3) is 7.68. The minimum atomic E-state index is -0.608. The fourth-order valence-corrected chi connectivity index (χ4v) is 4.90. The Hall–Kier alpha value is -6.42. The summed E-state index contributed by atoms with van der Waals surface area (Å²) in [6, 6.07) is 34.6. The molecule has 2 N–H and O–H groups in total. The van der Waals surface area contributed by atoms with E-state index in [0.717, 1.165) is 32.7 Å². The normalized spacial score (nSPS) is 10.9. The third-order valence-electron chi connectivity index (χ3n) is 7.26. The zero-order valence-electron chi connectivity index (χ0n) is 26.0. The van der Waals surface area contributed by atoms with Crippen molar-refractivity contribution in [2.45, 2.75) is 0 Å². The average Bonchev–Trinajstić information content (AvgIpc) is 3.12. The fraction of sp³-hybridized carbons (Fsp3) is 0.0526. The zero-order chi connectivity index (χ0) is 33.9. The molecule has 0 aliphatic carbocycles. The van der Waals surface area contributed by atoms with Gasteiger partial charge in [-0.1, -0.05) is 84.9 Å². The van der Waals surface area contributed by atoms with Crippen molar-refractivity contribution in [3.05, 3.63) is 155 Å². The Morgan fingerprint density at radius 1 is 0.542 bits per heavy atom. The van der Waals surface area contributed by atoms with E-state index in [1.54, 1.807) is 26.4 Å². The van der Waals surface area contributed by atoms with Crippen LogP contribution in [0.4, 0.5) is 8.78 Å². The number of halogens is 2. The minimum absolute atomic E-state index is 0.0560. The van der Waals surface area contributed by atoms with Gasteiger partial charge in [0, 0.05) is 11.1 Å². The third-order valence-corrected chi connectivity index (χ3v) is 7.26. The number of hydrogen-bond acceptors (Lipinski definition) is 6. The lowest BCUT2D eigenvalue weighted by Gasteiger charge is -2.08. The molecule has 0 aromatic heterocycles. The Balaban J connectivity index is 0.000000188. The molecule has 2 amide bonds. The van der Waals surface area contributed by atoms with Gasteiger partial charge in [0.1, 0.15) is 23.1 Å². The summed E-state index contributed by atoms with van der Waals surface area (Å²) >= 11 is 0. The predicted molar refractivity (Wildman–Crippen MR) is 184 cm³/mol. The lowest BCUT2D eigenvalue weighted by atomic mass is 10.0. The van der Waals surface area contributed by atoms with E-state index in [4.69, 9.17) is 9.47 Å². The fourth-order valence-electron chi connectivity index (χ4n) is 4.90. The Kier molecular flexibility index (Phi) is 10.8. The molecule has 0 saturated heterocycles. The molecule has 0 radical (unpaired) electrons. The molecular weight excluding hydrogens is 614 g/mol. The van der Waals surface area contributed by atoms with Crippen LogP contribution in [-0.2, 0) is 0 Å². The van der Waals surface area contributed by atoms with Crippen molar-refractivity contribution in [1.29, 1.82) is 0 Å². The van der Waals surface area contributed by atoms with Crippen LogP contribution in [0.1, 0.15) is 31.8 Å². The molecule has 48 heavy (non-hydrogen) atoms. The first-order valence-electron chi connectivity index (χ1n) is 14.7. The summed E-state index contributed by atoms with van der Waals surface area (Å²) in [6.45, 7) is 0. The van der Waals surface area contributed by atoms with Crippen LogP contribution >= 0.6 is 0 Å². The molecular formula is C38H30F2N4O4. The van der Waals surface area contributed by atoms with Gasteiger partial charge in [-0.25, -0.2) is 19.6 Å². The summed E-state index contributed by atoms with van der Waals surface area (Å²) in [4.78, 5) is 24.0. The van der Waals surface area contributed by atoms with Crippen LogP contribution in [0.25, 0.3) is 21.5 Å². The van der Waals surface area contributed by atoms with Gasteiger partial charge in [0.2, 0.25) is 0 Å². The molecule has 8 nitrogen and oxygen atoms in total. The van der Waals surface area contributed by atoms with Gasteiger partial charge in [-0.05, 0) is 57.9 Å². The minimum Gasteiger partial charge on any atom is -0.496 e. The molecule has 240 valence electrons. The molecule has 0 bridgehead atoms. The van der Waals surface area contributed by atoms with Crippen LogP contribution < -0.4 is 20.3 Å². The van der Waals surface area contributed by atoms with Crippen molar-refractivity contribution < 1.29 is 27.8 Å². The van der Waals surface area contributed by atoms with Gasteiger partial charge >= 0.3 is 0 Å². The second-order valence-corrected chi connectivity index (χ2v) is 10.2. The first-order valence-corrected chi connectivity index (χ1v) is 14.7. The summed E-state index contributed by atoms with van der Waals surface area (Å²) in [5, 5.41) is 11.8. The summed E-state index contributed by atoms with van der Waals surface area (Å²) < 4.78 is 37.9. The number of amides is 2. The topological polar surface area (TPSA) is 101 Å². The van der Waals surface area contributed by atoms with E-state index < -0.39 is 23.4 Å². The highest BCUT2D eigenvalue weighted by Gasteiger charge is 2.12. The number of hydrazone groups is 2. The molecule has 10 heteroatoms. The van der Waals surface area contributed by atoms with Crippen molar-refractivity contribution in [1.82, 2.24) is 10.9 Å². The van der Waals surface area contributed by atoms with Gasteiger partial charge in [0.15, 0.2) is 0 Å². The van der Waals surface area contributed by atoms with E-state index in [0.29, 0.717) is 11.5 Å². The summed E-state index contributed by atoms with van der Waals surface area (Å²) in [5.41, 5.74) is 6.05. The molecule has 0 fully saturated rings. The van der Waals surface area contributed by atoms with Gasteiger partial charge in [-0.15, -0.1) is 0 Å². The lowest BCUT2D eigenvalue weighted by Crippen LogP contribution is -2.19. The SMILES string of the molecule is COc1ccc2ccccc2c1/C=N/NC(=O)c1ccccc1F.COc1ccc2ccccc2c1/C=N/NC(=O)c1ccccc1F. The first-order chi connectivity index (χ1) is 23.4. The Bertz CT molecular complexity index is 2000. The predicted octanol–water partition coefficient (Wildman–Crippen LogP) is 7.50. The Labute approximate surface area is 275 Å². The quantitative estimate of drug-likeness (QED) is 0.132. The van der Waals surface area contributed by atoms with Crippen LogP contribution in [0.3, 0.4) is 0 Å². The van der Waals surface area contributed by atoms with Crippen LogP contribution in [0.15, 0.2) is 132 Å². The standard InChI is InChI=1S/2C19H15FN2O2/c2*1-24-18-11-10-13-6-2-3-7-14(13)16(18)12-21-22-19(23)15-8-4-5-9-17(15)20/h2*2-12H,1H3,(H,22,23)/b2*21-12+. The van der Waals surface area contributed by atoms with Crippen molar-refractivity contribution in [3.8, 4) is 11.5 Å².